The molecule has 0 spiro atoms. The van der Waals surface area contributed by atoms with Gasteiger partial charge in [0.1, 0.15) is 11.5 Å². The summed E-state index contributed by atoms with van der Waals surface area (Å²) in [6.07, 6.45) is 1.82. The number of rotatable bonds is 2. The standard InChI is InChI=1S/C14H16N4O2S/c1-9-5-12(19)17-13(16-9)10-3-2-4-18(6-10)14(20)11-7-21-8-15-11/h5,7-8,10H,2-4,6H2,1H3,(H,16,17,19)/t10-/m1/s1. The molecule has 1 amide bonds. The first-order valence-electron chi connectivity index (χ1n) is 6.89. The topological polar surface area (TPSA) is 79.0 Å². The second-order valence-electron chi connectivity index (χ2n) is 5.24. The highest BCUT2D eigenvalue weighted by atomic mass is 32.1. The number of likely N-dealkylation sites (tertiary alicyclic amines) is 1. The van der Waals surface area contributed by atoms with Gasteiger partial charge in [-0.1, -0.05) is 0 Å². The first kappa shape index (κ1) is 13.9. The van der Waals surface area contributed by atoms with Crippen LogP contribution in [0.2, 0.25) is 0 Å². The molecule has 1 atom stereocenters. The number of aromatic nitrogens is 3. The number of H-pyrrole nitrogens is 1. The monoisotopic (exact) mass is 304 g/mol. The summed E-state index contributed by atoms with van der Waals surface area (Å²) in [5.74, 6) is 0.709. The SMILES string of the molecule is Cc1cc(=O)[nH]c([C@@H]2CCCN(C(=O)c3cscn3)C2)n1. The molecule has 1 saturated heterocycles. The van der Waals surface area contributed by atoms with Crippen molar-refractivity contribution < 1.29 is 4.79 Å². The van der Waals surface area contributed by atoms with E-state index in [0.29, 0.717) is 23.8 Å². The highest BCUT2D eigenvalue weighted by Crippen LogP contribution is 2.25. The molecule has 0 radical (unpaired) electrons. The van der Waals surface area contributed by atoms with E-state index in [1.54, 1.807) is 22.7 Å². The lowest BCUT2D eigenvalue weighted by molar-refractivity contribution is 0.0699. The molecule has 1 aliphatic heterocycles. The van der Waals surface area contributed by atoms with E-state index in [1.807, 2.05) is 0 Å². The zero-order valence-corrected chi connectivity index (χ0v) is 12.5. The lowest BCUT2D eigenvalue weighted by Crippen LogP contribution is -2.40. The van der Waals surface area contributed by atoms with Crippen molar-refractivity contribution >= 4 is 17.2 Å². The molecule has 0 aromatic carbocycles. The number of amides is 1. The maximum Gasteiger partial charge on any atom is 0.273 e. The minimum atomic E-state index is -0.138. The molecule has 3 heterocycles. The summed E-state index contributed by atoms with van der Waals surface area (Å²) in [5, 5.41) is 1.76. The summed E-state index contributed by atoms with van der Waals surface area (Å²) < 4.78 is 0. The number of carbonyl (C=O) groups is 1. The third-order valence-corrected chi connectivity index (χ3v) is 4.22. The molecule has 0 aliphatic carbocycles. The molecule has 1 aliphatic rings. The van der Waals surface area contributed by atoms with E-state index in [-0.39, 0.29) is 17.4 Å². The summed E-state index contributed by atoms with van der Waals surface area (Å²) in [6, 6.07) is 1.48. The van der Waals surface area contributed by atoms with Crippen LogP contribution in [-0.2, 0) is 0 Å². The largest absolute Gasteiger partial charge is 0.337 e. The number of hydrogen-bond acceptors (Lipinski definition) is 5. The highest BCUT2D eigenvalue weighted by Gasteiger charge is 2.27. The third-order valence-electron chi connectivity index (χ3n) is 3.63. The van der Waals surface area contributed by atoms with Crippen LogP contribution in [0.4, 0.5) is 0 Å². The predicted molar refractivity (Wildman–Crippen MR) is 79.6 cm³/mol. The Morgan fingerprint density at radius 3 is 3.10 bits per heavy atom. The Hall–Kier alpha value is -2.02. The summed E-state index contributed by atoms with van der Waals surface area (Å²) >= 11 is 1.41. The Balaban J connectivity index is 1.79. The fourth-order valence-electron chi connectivity index (χ4n) is 2.66. The van der Waals surface area contributed by atoms with E-state index in [4.69, 9.17) is 0 Å². The van der Waals surface area contributed by atoms with E-state index in [2.05, 4.69) is 15.0 Å². The third kappa shape index (κ3) is 3.02. The fraction of sp³-hybridized carbons (Fsp3) is 0.429. The van der Waals surface area contributed by atoms with Gasteiger partial charge in [0.2, 0.25) is 0 Å². The van der Waals surface area contributed by atoms with Gasteiger partial charge in [0.15, 0.2) is 0 Å². The molecule has 0 bridgehead atoms. The first-order valence-corrected chi connectivity index (χ1v) is 7.83. The van der Waals surface area contributed by atoms with E-state index in [0.717, 1.165) is 19.4 Å². The molecule has 0 saturated carbocycles. The molecular weight excluding hydrogens is 288 g/mol. The van der Waals surface area contributed by atoms with Gasteiger partial charge >= 0.3 is 0 Å². The normalized spacial score (nSPS) is 18.7. The Labute approximate surface area is 125 Å². The first-order chi connectivity index (χ1) is 10.1. The van der Waals surface area contributed by atoms with Crippen LogP contribution in [-0.4, -0.2) is 38.8 Å². The van der Waals surface area contributed by atoms with Gasteiger partial charge in [-0.3, -0.25) is 9.59 Å². The number of thiazole rings is 1. The van der Waals surface area contributed by atoms with Crippen molar-refractivity contribution in [2.24, 2.45) is 0 Å². The zero-order chi connectivity index (χ0) is 14.8. The second kappa shape index (κ2) is 5.77. The number of piperidine rings is 1. The smallest absolute Gasteiger partial charge is 0.273 e. The van der Waals surface area contributed by atoms with Gasteiger partial charge in [0, 0.05) is 36.1 Å². The number of aromatic amines is 1. The van der Waals surface area contributed by atoms with Gasteiger partial charge in [0.05, 0.1) is 5.51 Å². The van der Waals surface area contributed by atoms with Crippen molar-refractivity contribution in [3.8, 4) is 0 Å². The van der Waals surface area contributed by atoms with Crippen molar-refractivity contribution in [3.63, 3.8) is 0 Å². The molecule has 0 unspecified atom stereocenters. The van der Waals surface area contributed by atoms with Crippen LogP contribution in [0.3, 0.4) is 0 Å². The average Bonchev–Trinajstić information content (AvgIpc) is 3.00. The maximum atomic E-state index is 12.3. The molecule has 6 nitrogen and oxygen atoms in total. The van der Waals surface area contributed by atoms with Crippen LogP contribution in [0.15, 0.2) is 21.8 Å². The van der Waals surface area contributed by atoms with Gasteiger partial charge in [0.25, 0.3) is 11.5 Å². The van der Waals surface area contributed by atoms with Gasteiger partial charge < -0.3 is 9.88 Å². The van der Waals surface area contributed by atoms with E-state index in [9.17, 15) is 9.59 Å². The lowest BCUT2D eigenvalue weighted by atomic mass is 9.97. The molecule has 21 heavy (non-hydrogen) atoms. The molecule has 2 aromatic rings. The minimum absolute atomic E-state index is 0.0454. The molecule has 1 fully saturated rings. The van der Waals surface area contributed by atoms with E-state index in [1.165, 1.54) is 17.4 Å². The number of nitrogens with zero attached hydrogens (tertiary/aromatic N) is 3. The average molecular weight is 304 g/mol. The molecule has 7 heteroatoms. The van der Waals surface area contributed by atoms with Gasteiger partial charge in [-0.25, -0.2) is 9.97 Å². The summed E-state index contributed by atoms with van der Waals surface area (Å²) in [6.45, 7) is 3.10. The van der Waals surface area contributed by atoms with Crippen molar-refractivity contribution in [1.82, 2.24) is 19.9 Å². The number of nitrogens with one attached hydrogen (secondary N) is 1. The van der Waals surface area contributed by atoms with Gasteiger partial charge in [-0.05, 0) is 19.8 Å². The molecule has 2 aromatic heterocycles. The van der Waals surface area contributed by atoms with Crippen LogP contribution >= 0.6 is 11.3 Å². The van der Waals surface area contributed by atoms with Gasteiger partial charge in [-0.2, -0.15) is 0 Å². The van der Waals surface area contributed by atoms with Crippen LogP contribution in [0.25, 0.3) is 0 Å². The summed E-state index contributed by atoms with van der Waals surface area (Å²) in [5.41, 5.74) is 2.72. The molecule has 3 rings (SSSR count). The van der Waals surface area contributed by atoms with Crippen LogP contribution < -0.4 is 5.56 Å². The van der Waals surface area contributed by atoms with Crippen molar-refractivity contribution in [1.29, 1.82) is 0 Å². The van der Waals surface area contributed by atoms with Crippen LogP contribution in [0.5, 0.6) is 0 Å². The quantitative estimate of drug-likeness (QED) is 0.913. The maximum absolute atomic E-state index is 12.3. The Morgan fingerprint density at radius 2 is 2.38 bits per heavy atom. The van der Waals surface area contributed by atoms with E-state index < -0.39 is 0 Å². The molecule has 110 valence electrons. The number of hydrogen-bond donors (Lipinski definition) is 1. The van der Waals surface area contributed by atoms with E-state index >= 15 is 0 Å². The Morgan fingerprint density at radius 1 is 1.52 bits per heavy atom. The zero-order valence-electron chi connectivity index (χ0n) is 11.7. The van der Waals surface area contributed by atoms with Crippen molar-refractivity contribution in [3.05, 3.63) is 44.5 Å². The fourth-order valence-corrected chi connectivity index (χ4v) is 3.19. The van der Waals surface area contributed by atoms with Gasteiger partial charge in [-0.15, -0.1) is 11.3 Å². The summed E-state index contributed by atoms with van der Waals surface area (Å²) in [7, 11) is 0. The minimum Gasteiger partial charge on any atom is -0.337 e. The Bertz CT molecular complexity index is 695. The number of carbonyl (C=O) groups excluding carboxylic acids is 1. The number of aryl methyl sites for hydroxylation is 1. The van der Waals surface area contributed by atoms with Crippen LogP contribution in [0.1, 0.15) is 40.8 Å². The molecule has 1 N–H and O–H groups in total. The van der Waals surface area contributed by atoms with Crippen molar-refractivity contribution in [2.45, 2.75) is 25.7 Å². The second-order valence-corrected chi connectivity index (χ2v) is 5.95. The van der Waals surface area contributed by atoms with Crippen LogP contribution in [0, 0.1) is 6.92 Å². The van der Waals surface area contributed by atoms with Crippen molar-refractivity contribution in [2.75, 3.05) is 13.1 Å². The summed E-state index contributed by atoms with van der Waals surface area (Å²) in [4.78, 5) is 37.0. The molecular formula is C14H16N4O2S. The highest BCUT2D eigenvalue weighted by molar-refractivity contribution is 7.07. The Kier molecular flexibility index (Phi) is 3.83. The predicted octanol–water partition coefficient (Wildman–Crippen LogP) is 1.55. The lowest BCUT2D eigenvalue weighted by Gasteiger charge is -2.31.